The topological polar surface area (TPSA) is 31.2 Å². The number of aryl methyl sites for hydroxylation is 2. The van der Waals surface area contributed by atoms with Gasteiger partial charge in [0.25, 0.3) is 0 Å². The molecule has 0 saturated heterocycles. The Balaban J connectivity index is 1.97. The minimum atomic E-state index is -0.253. The molecule has 3 nitrogen and oxygen atoms in total. The molecule has 0 unspecified atom stereocenters. The fourth-order valence-electron chi connectivity index (χ4n) is 3.62. The van der Waals surface area contributed by atoms with Crippen LogP contribution in [0.4, 0.5) is 0 Å². The Labute approximate surface area is 151 Å². The summed E-state index contributed by atoms with van der Waals surface area (Å²) in [4.78, 5) is 12.1. The minimum Gasteiger partial charge on any atom is -0.469 e. The lowest BCUT2D eigenvalue weighted by Gasteiger charge is -2.18. The van der Waals surface area contributed by atoms with Crippen LogP contribution in [0.15, 0.2) is 54.7 Å². The lowest BCUT2D eigenvalue weighted by atomic mass is 9.86. The SMILES string of the molecule is COC(=O)Cc1c2c(cn1-c1ccccc1Cl)CCc1ccccc1-2. The summed E-state index contributed by atoms with van der Waals surface area (Å²) >= 11 is 6.43. The van der Waals surface area contributed by atoms with Crippen molar-refractivity contribution in [2.45, 2.75) is 19.3 Å². The number of halogens is 1. The Bertz CT molecular complexity index is 958. The van der Waals surface area contributed by atoms with E-state index in [-0.39, 0.29) is 12.4 Å². The highest BCUT2D eigenvalue weighted by Gasteiger charge is 2.25. The van der Waals surface area contributed by atoms with Gasteiger partial charge >= 0.3 is 5.97 Å². The molecule has 0 N–H and O–H groups in total. The van der Waals surface area contributed by atoms with Crippen LogP contribution in [0.3, 0.4) is 0 Å². The molecule has 0 bridgehead atoms. The Kier molecular flexibility index (Phi) is 4.10. The van der Waals surface area contributed by atoms with Gasteiger partial charge in [-0.1, -0.05) is 48.0 Å². The number of carbonyl (C=O) groups excluding carboxylic acids is 1. The second kappa shape index (κ2) is 6.41. The number of carbonyl (C=O) groups is 1. The third-order valence-corrected chi connectivity index (χ3v) is 5.11. The van der Waals surface area contributed by atoms with Gasteiger partial charge in [0.15, 0.2) is 0 Å². The van der Waals surface area contributed by atoms with Crippen LogP contribution in [-0.4, -0.2) is 17.6 Å². The molecule has 1 aromatic heterocycles. The van der Waals surface area contributed by atoms with E-state index < -0.39 is 0 Å². The van der Waals surface area contributed by atoms with Crippen LogP contribution in [0.5, 0.6) is 0 Å². The normalized spacial score (nSPS) is 12.4. The minimum absolute atomic E-state index is 0.214. The Morgan fingerprint density at radius 1 is 1.08 bits per heavy atom. The first-order valence-electron chi connectivity index (χ1n) is 8.32. The molecule has 2 aromatic carbocycles. The van der Waals surface area contributed by atoms with Crippen molar-refractivity contribution in [1.29, 1.82) is 0 Å². The van der Waals surface area contributed by atoms with Gasteiger partial charge in [0.1, 0.15) is 0 Å². The maximum Gasteiger partial charge on any atom is 0.311 e. The number of hydrogen-bond acceptors (Lipinski definition) is 2. The van der Waals surface area contributed by atoms with E-state index >= 15 is 0 Å². The first-order valence-corrected chi connectivity index (χ1v) is 8.70. The van der Waals surface area contributed by atoms with Crippen LogP contribution in [-0.2, 0) is 28.8 Å². The van der Waals surface area contributed by atoms with Crippen molar-refractivity contribution in [1.82, 2.24) is 4.57 Å². The third kappa shape index (κ3) is 2.75. The monoisotopic (exact) mass is 351 g/mol. The van der Waals surface area contributed by atoms with Crippen LogP contribution in [0, 0.1) is 0 Å². The number of nitrogens with zero attached hydrogens (tertiary/aromatic N) is 1. The van der Waals surface area contributed by atoms with Crippen molar-refractivity contribution in [3.8, 4) is 16.8 Å². The maximum atomic E-state index is 12.1. The Hall–Kier alpha value is -2.52. The van der Waals surface area contributed by atoms with Crippen LogP contribution in [0.1, 0.15) is 16.8 Å². The highest BCUT2D eigenvalue weighted by atomic mass is 35.5. The molecule has 1 heterocycles. The van der Waals surface area contributed by atoms with E-state index in [9.17, 15) is 4.79 Å². The van der Waals surface area contributed by atoms with Crippen molar-refractivity contribution < 1.29 is 9.53 Å². The summed E-state index contributed by atoms with van der Waals surface area (Å²) < 4.78 is 6.99. The second-order valence-corrected chi connectivity index (χ2v) is 6.61. The number of benzene rings is 2. The molecule has 4 heteroatoms. The molecule has 1 aliphatic rings. The molecule has 0 amide bonds. The number of esters is 1. The van der Waals surface area contributed by atoms with E-state index in [4.69, 9.17) is 16.3 Å². The zero-order valence-electron chi connectivity index (χ0n) is 14.0. The van der Waals surface area contributed by atoms with Gasteiger partial charge in [0, 0.05) is 17.5 Å². The van der Waals surface area contributed by atoms with E-state index in [1.807, 2.05) is 34.9 Å². The summed E-state index contributed by atoms with van der Waals surface area (Å²) in [6.07, 6.45) is 4.29. The molecule has 0 saturated carbocycles. The van der Waals surface area contributed by atoms with Gasteiger partial charge in [-0.25, -0.2) is 0 Å². The first kappa shape index (κ1) is 16.0. The summed E-state index contributed by atoms with van der Waals surface area (Å²) in [5.74, 6) is -0.253. The number of rotatable bonds is 3. The second-order valence-electron chi connectivity index (χ2n) is 6.21. The van der Waals surface area contributed by atoms with Crippen molar-refractivity contribution in [2.24, 2.45) is 0 Å². The average molecular weight is 352 g/mol. The molecule has 1 aliphatic carbocycles. The fraction of sp³-hybridized carbons (Fsp3) is 0.190. The first-order chi connectivity index (χ1) is 12.2. The molecular weight excluding hydrogens is 334 g/mol. The number of hydrogen-bond donors (Lipinski definition) is 0. The predicted octanol–water partition coefficient (Wildman–Crippen LogP) is 4.61. The van der Waals surface area contributed by atoms with Crippen molar-refractivity contribution in [2.75, 3.05) is 7.11 Å². The summed E-state index contributed by atoms with van der Waals surface area (Å²) in [5, 5.41) is 0.661. The highest BCUT2D eigenvalue weighted by Crippen LogP contribution is 2.39. The maximum absolute atomic E-state index is 12.1. The van der Waals surface area contributed by atoms with E-state index in [0.29, 0.717) is 5.02 Å². The van der Waals surface area contributed by atoms with E-state index in [1.165, 1.54) is 23.8 Å². The number of methoxy groups -OCH3 is 1. The Morgan fingerprint density at radius 3 is 2.60 bits per heavy atom. The molecular formula is C21H18ClNO2. The van der Waals surface area contributed by atoms with Gasteiger partial charge < -0.3 is 9.30 Å². The standard InChI is InChI=1S/C21H18ClNO2/c1-25-20(24)12-19-21-15(11-10-14-6-2-3-7-16(14)21)13-23(19)18-9-5-4-8-17(18)22/h2-9,13H,10-12H2,1H3. The summed E-state index contributed by atoms with van der Waals surface area (Å²) in [7, 11) is 1.42. The van der Waals surface area contributed by atoms with Crippen LogP contribution in [0.2, 0.25) is 5.02 Å². The van der Waals surface area contributed by atoms with Crippen LogP contribution < -0.4 is 0 Å². The van der Waals surface area contributed by atoms with Gasteiger partial charge in [-0.05, 0) is 41.7 Å². The molecule has 0 atom stereocenters. The Morgan fingerprint density at radius 2 is 1.80 bits per heavy atom. The number of aromatic nitrogens is 1. The largest absolute Gasteiger partial charge is 0.469 e. The van der Waals surface area contributed by atoms with E-state index in [2.05, 4.69) is 24.4 Å². The number of fused-ring (bicyclic) bond motifs is 3. The van der Waals surface area contributed by atoms with E-state index in [0.717, 1.165) is 29.8 Å². The molecule has 0 aliphatic heterocycles. The van der Waals surface area contributed by atoms with Crippen LogP contribution >= 0.6 is 11.6 Å². The van der Waals surface area contributed by atoms with E-state index in [1.54, 1.807) is 0 Å². The zero-order valence-corrected chi connectivity index (χ0v) is 14.7. The summed E-state index contributed by atoms with van der Waals surface area (Å²) in [5.41, 5.74) is 6.73. The van der Waals surface area contributed by atoms with Gasteiger partial charge in [0.2, 0.25) is 0 Å². The fourth-order valence-corrected chi connectivity index (χ4v) is 3.84. The van der Waals surface area contributed by atoms with Crippen molar-refractivity contribution in [3.63, 3.8) is 0 Å². The molecule has 0 spiro atoms. The summed E-state index contributed by atoms with van der Waals surface area (Å²) in [6, 6.07) is 16.1. The lowest BCUT2D eigenvalue weighted by molar-refractivity contribution is -0.139. The smallest absolute Gasteiger partial charge is 0.311 e. The highest BCUT2D eigenvalue weighted by molar-refractivity contribution is 6.32. The molecule has 25 heavy (non-hydrogen) atoms. The quantitative estimate of drug-likeness (QED) is 0.645. The molecule has 126 valence electrons. The van der Waals surface area contributed by atoms with Crippen molar-refractivity contribution in [3.05, 3.63) is 76.6 Å². The molecule has 0 radical (unpaired) electrons. The average Bonchev–Trinajstić information content (AvgIpc) is 3.00. The third-order valence-electron chi connectivity index (χ3n) is 4.79. The van der Waals surface area contributed by atoms with Gasteiger partial charge in [-0.15, -0.1) is 0 Å². The molecule has 4 rings (SSSR count). The molecule has 3 aromatic rings. The van der Waals surface area contributed by atoms with Gasteiger partial charge in [-0.3, -0.25) is 4.79 Å². The molecule has 0 fully saturated rings. The summed E-state index contributed by atoms with van der Waals surface area (Å²) in [6.45, 7) is 0. The van der Waals surface area contributed by atoms with Gasteiger partial charge in [0.05, 0.1) is 24.2 Å². The lowest BCUT2D eigenvalue weighted by Crippen LogP contribution is -2.11. The van der Waals surface area contributed by atoms with Crippen LogP contribution in [0.25, 0.3) is 16.8 Å². The number of ether oxygens (including phenoxy) is 1. The van der Waals surface area contributed by atoms with Crippen molar-refractivity contribution >= 4 is 17.6 Å². The number of para-hydroxylation sites is 1. The predicted molar refractivity (Wildman–Crippen MR) is 99.3 cm³/mol. The zero-order chi connectivity index (χ0) is 17.4. The van der Waals surface area contributed by atoms with Gasteiger partial charge in [-0.2, -0.15) is 0 Å².